The lowest BCUT2D eigenvalue weighted by molar-refractivity contribution is -0.168. The highest BCUT2D eigenvalue weighted by Gasteiger charge is 2.41. The topological polar surface area (TPSA) is 118 Å². The fourth-order valence-electron chi connectivity index (χ4n) is 4.60. The van der Waals surface area contributed by atoms with Crippen LogP contribution in [-0.4, -0.2) is 90.8 Å². The Labute approximate surface area is 204 Å². The van der Waals surface area contributed by atoms with Gasteiger partial charge in [-0.2, -0.15) is 0 Å². The molecule has 4 unspecified atom stereocenters. The van der Waals surface area contributed by atoms with Crippen LogP contribution < -0.4 is 0 Å². The normalized spacial score (nSPS) is 38.0. The number of ketones is 1. The van der Waals surface area contributed by atoms with E-state index in [4.69, 9.17) is 14.3 Å². The molecule has 2 N–H and O–H groups in total. The maximum Gasteiger partial charge on any atom is 0.316 e. The average Bonchev–Trinajstić information content (AvgIpc) is 2.78. The van der Waals surface area contributed by atoms with Crippen LogP contribution in [0.2, 0.25) is 0 Å². The lowest BCUT2D eigenvalue weighted by atomic mass is 9.77. The van der Waals surface area contributed by atoms with Gasteiger partial charge in [0.05, 0.1) is 17.4 Å². The molecule has 0 spiro atoms. The van der Waals surface area contributed by atoms with E-state index in [1.807, 2.05) is 32.8 Å². The smallest absolute Gasteiger partial charge is 0.316 e. The van der Waals surface area contributed by atoms with Gasteiger partial charge in [-0.05, 0) is 47.2 Å². The number of ether oxygens (including phenoxy) is 2. The molecule has 1 saturated heterocycles. The highest BCUT2D eigenvalue weighted by molar-refractivity contribution is 5.99. The summed E-state index contributed by atoms with van der Waals surface area (Å²) in [7, 11) is 5.47. The van der Waals surface area contributed by atoms with E-state index in [0.717, 1.165) is 0 Å². The number of carbonyl (C=O) groups excluding carboxylic acids is 2. The number of oxime groups is 1. The highest BCUT2D eigenvalue weighted by atomic mass is 16.6. The van der Waals surface area contributed by atoms with Crippen molar-refractivity contribution in [3.63, 3.8) is 0 Å². The van der Waals surface area contributed by atoms with Crippen LogP contribution >= 0.6 is 0 Å². The Kier molecular flexibility index (Phi) is 12.1. The molecule has 0 aromatic heterocycles. The maximum absolute atomic E-state index is 13.0. The van der Waals surface area contributed by atoms with Gasteiger partial charge < -0.3 is 29.4 Å². The molecule has 0 aliphatic carbocycles. The second kappa shape index (κ2) is 13.5. The van der Waals surface area contributed by atoms with E-state index in [1.54, 1.807) is 27.9 Å². The summed E-state index contributed by atoms with van der Waals surface area (Å²) in [6.45, 7) is 11.8. The molecule has 0 aromatic carbocycles. The Balaban J connectivity index is 3.41. The Morgan fingerprint density at radius 1 is 1.09 bits per heavy atom. The van der Waals surface area contributed by atoms with E-state index in [1.165, 1.54) is 6.92 Å². The summed E-state index contributed by atoms with van der Waals surface area (Å²) in [4.78, 5) is 33.2. The van der Waals surface area contributed by atoms with Crippen molar-refractivity contribution >= 4 is 17.5 Å². The second-order valence-electron chi connectivity index (χ2n) is 10.3. The lowest BCUT2D eigenvalue weighted by Crippen LogP contribution is -2.48. The van der Waals surface area contributed by atoms with Gasteiger partial charge in [0.25, 0.3) is 0 Å². The van der Waals surface area contributed by atoms with Crippen LogP contribution in [0.1, 0.15) is 60.8 Å². The van der Waals surface area contributed by atoms with E-state index in [0.29, 0.717) is 31.7 Å². The first-order chi connectivity index (χ1) is 15.8. The molecule has 1 fully saturated rings. The molecule has 0 aromatic rings. The maximum atomic E-state index is 13.0. The first-order valence-electron chi connectivity index (χ1n) is 12.3. The van der Waals surface area contributed by atoms with Crippen molar-refractivity contribution in [1.29, 1.82) is 0 Å². The molecule has 0 amide bonds. The predicted molar refractivity (Wildman–Crippen MR) is 130 cm³/mol. The highest BCUT2D eigenvalue weighted by Crippen LogP contribution is 2.33. The van der Waals surface area contributed by atoms with Crippen molar-refractivity contribution in [3.8, 4) is 0 Å². The molecule has 34 heavy (non-hydrogen) atoms. The molecule has 1 aliphatic rings. The number of likely N-dealkylation sites (N-methyl/N-ethyl adjacent to an activating group) is 1. The number of esters is 1. The summed E-state index contributed by atoms with van der Waals surface area (Å²) in [5.41, 5.74) is -0.0961. The van der Waals surface area contributed by atoms with Gasteiger partial charge in [0.15, 0.2) is 0 Å². The number of aliphatic hydroxyl groups excluding tert-OH is 2. The summed E-state index contributed by atoms with van der Waals surface area (Å²) in [6, 6.07) is 0. The third kappa shape index (κ3) is 8.29. The Morgan fingerprint density at radius 3 is 2.21 bits per heavy atom. The Hall–Kier alpha value is -1.55. The van der Waals surface area contributed by atoms with Crippen molar-refractivity contribution in [2.24, 2.45) is 28.8 Å². The molecule has 9 nitrogen and oxygen atoms in total. The molecule has 8 atom stereocenters. The van der Waals surface area contributed by atoms with Crippen LogP contribution in [0.3, 0.4) is 0 Å². The van der Waals surface area contributed by atoms with Gasteiger partial charge in [-0.1, -0.05) is 32.9 Å². The molecular formula is C25H46N2O7. The van der Waals surface area contributed by atoms with Gasteiger partial charge in [-0.15, -0.1) is 0 Å². The minimum Gasteiger partial charge on any atom is -0.459 e. The summed E-state index contributed by atoms with van der Waals surface area (Å²) in [6.07, 6.45) is -2.33. The number of hydrogen-bond acceptors (Lipinski definition) is 9. The first-order valence-corrected chi connectivity index (χ1v) is 12.3. The standard InChI is InChI=1S/C25H46N2O7/c1-10-19-23(30)22(29)17(4)20(26-33-12-11-27(7)8)15(2)13-25(6,32-9)14-16(3)21(28)18(5)24(31)34-19/h15-19,22-23,29-30H,10-14H2,1-9H3/b26-20+/t15-,16-,17?,18?,19-,22?,23?,25-/m1/s1. The van der Waals surface area contributed by atoms with Crippen molar-refractivity contribution in [2.75, 3.05) is 34.4 Å². The number of rotatable bonds is 6. The number of nitrogens with zero attached hydrogens (tertiary/aromatic N) is 2. The van der Waals surface area contributed by atoms with Gasteiger partial charge in [0.1, 0.15) is 30.5 Å². The van der Waals surface area contributed by atoms with Gasteiger partial charge in [-0.25, -0.2) is 0 Å². The fourth-order valence-corrected chi connectivity index (χ4v) is 4.60. The number of aliphatic hydroxyl groups is 2. The number of carbonyl (C=O) groups is 2. The molecule has 198 valence electrons. The third-order valence-electron chi connectivity index (χ3n) is 6.92. The molecule has 1 aliphatic heterocycles. The summed E-state index contributed by atoms with van der Waals surface area (Å²) >= 11 is 0. The third-order valence-corrected chi connectivity index (χ3v) is 6.92. The van der Waals surface area contributed by atoms with E-state index in [9.17, 15) is 19.8 Å². The van der Waals surface area contributed by atoms with Crippen molar-refractivity contribution < 1.29 is 34.1 Å². The Morgan fingerprint density at radius 2 is 1.68 bits per heavy atom. The number of methoxy groups -OCH3 is 1. The van der Waals surface area contributed by atoms with Crippen LogP contribution in [0.25, 0.3) is 0 Å². The predicted octanol–water partition coefficient (Wildman–Crippen LogP) is 2.28. The van der Waals surface area contributed by atoms with Crippen molar-refractivity contribution in [2.45, 2.75) is 84.7 Å². The molecule has 0 saturated carbocycles. The van der Waals surface area contributed by atoms with Crippen LogP contribution in [0.4, 0.5) is 0 Å². The van der Waals surface area contributed by atoms with Crippen LogP contribution in [0, 0.1) is 23.7 Å². The molecule has 0 radical (unpaired) electrons. The average molecular weight is 487 g/mol. The van der Waals surface area contributed by atoms with Gasteiger partial charge in [-0.3, -0.25) is 9.59 Å². The van der Waals surface area contributed by atoms with E-state index >= 15 is 0 Å². The van der Waals surface area contributed by atoms with Crippen LogP contribution in [0.5, 0.6) is 0 Å². The minimum absolute atomic E-state index is 0.175. The quantitative estimate of drug-likeness (QED) is 0.254. The lowest BCUT2D eigenvalue weighted by Gasteiger charge is -2.37. The first kappa shape index (κ1) is 30.5. The van der Waals surface area contributed by atoms with Gasteiger partial charge >= 0.3 is 5.97 Å². The summed E-state index contributed by atoms with van der Waals surface area (Å²) in [5, 5.41) is 26.3. The molecule has 1 rings (SSSR count). The van der Waals surface area contributed by atoms with Gasteiger partial charge in [0.2, 0.25) is 0 Å². The molecular weight excluding hydrogens is 440 g/mol. The van der Waals surface area contributed by atoms with Crippen LogP contribution in [-0.2, 0) is 23.9 Å². The minimum atomic E-state index is -1.35. The van der Waals surface area contributed by atoms with E-state index < -0.39 is 47.6 Å². The zero-order chi connectivity index (χ0) is 26.2. The van der Waals surface area contributed by atoms with Gasteiger partial charge in [0, 0.05) is 31.4 Å². The second-order valence-corrected chi connectivity index (χ2v) is 10.3. The fraction of sp³-hybridized carbons (Fsp3) is 0.880. The van der Waals surface area contributed by atoms with E-state index in [-0.39, 0.29) is 18.1 Å². The Bertz CT molecular complexity index is 699. The van der Waals surface area contributed by atoms with Crippen molar-refractivity contribution in [3.05, 3.63) is 0 Å². The monoisotopic (exact) mass is 486 g/mol. The zero-order valence-electron chi connectivity index (χ0n) is 22.4. The van der Waals surface area contributed by atoms with E-state index in [2.05, 4.69) is 5.16 Å². The number of Topliss-reactive ketones (excluding diaryl/α,β-unsaturated/α-hetero) is 1. The SMILES string of the molecule is CC[C@H]1OC(=O)C(C)C(=O)[C@H](C)C[C@](C)(OC)C[C@@H](C)/C(=N\OCCN(C)C)C(C)C(O)C1O. The summed E-state index contributed by atoms with van der Waals surface area (Å²) in [5.74, 6) is -3.10. The zero-order valence-corrected chi connectivity index (χ0v) is 22.4. The van der Waals surface area contributed by atoms with Crippen molar-refractivity contribution in [1.82, 2.24) is 4.90 Å². The molecule has 0 bridgehead atoms. The summed E-state index contributed by atoms with van der Waals surface area (Å²) < 4.78 is 11.3. The molecule has 9 heteroatoms. The number of cyclic esters (lactones) is 1. The number of hydrogen-bond donors (Lipinski definition) is 2. The molecule has 1 heterocycles. The van der Waals surface area contributed by atoms with Crippen LogP contribution in [0.15, 0.2) is 5.16 Å². The largest absolute Gasteiger partial charge is 0.459 e.